The second-order valence-electron chi connectivity index (χ2n) is 10.4. The van der Waals surface area contributed by atoms with Gasteiger partial charge in [0.15, 0.2) is 16.2 Å². The Morgan fingerprint density at radius 2 is 1.88 bits per heavy atom. The number of benzene rings is 1. The van der Waals surface area contributed by atoms with Gasteiger partial charge in [-0.05, 0) is 44.5 Å². The fraction of sp³-hybridized carbons (Fsp3) is 0.444. The average molecular weight is 609 g/mol. The van der Waals surface area contributed by atoms with Gasteiger partial charge in [0.2, 0.25) is 5.91 Å². The molecule has 3 atom stereocenters. The maximum absolute atomic E-state index is 13.3. The number of carbonyl (C=O) groups is 3. The monoisotopic (exact) mass is 607 g/mol. The molecule has 2 N–H and O–H groups in total. The lowest BCUT2D eigenvalue weighted by Gasteiger charge is -2.37. The van der Waals surface area contributed by atoms with E-state index in [0.29, 0.717) is 29.3 Å². The van der Waals surface area contributed by atoms with Gasteiger partial charge in [-0.15, -0.1) is 23.7 Å². The van der Waals surface area contributed by atoms with Crippen LogP contribution in [0.2, 0.25) is 5.02 Å². The minimum absolute atomic E-state index is 0. The molecule has 13 heteroatoms. The molecule has 3 aromatic rings. The van der Waals surface area contributed by atoms with Crippen LogP contribution in [0.5, 0.6) is 0 Å². The van der Waals surface area contributed by atoms with E-state index in [9.17, 15) is 19.2 Å². The lowest BCUT2D eigenvalue weighted by molar-refractivity contribution is -0.134. The molecule has 1 saturated carbocycles. The predicted molar refractivity (Wildman–Crippen MR) is 155 cm³/mol. The number of hydrogen-bond acceptors (Lipinski definition) is 8. The van der Waals surface area contributed by atoms with Crippen LogP contribution in [0.1, 0.15) is 50.2 Å². The van der Waals surface area contributed by atoms with Gasteiger partial charge in [-0.25, -0.2) is 4.98 Å². The Kier molecular flexibility index (Phi) is 9.19. The van der Waals surface area contributed by atoms with Crippen molar-refractivity contribution in [3.05, 3.63) is 60.9 Å². The summed E-state index contributed by atoms with van der Waals surface area (Å²) in [5.41, 5.74) is 0.818. The van der Waals surface area contributed by atoms with Crippen molar-refractivity contribution in [2.24, 2.45) is 5.92 Å². The van der Waals surface area contributed by atoms with Gasteiger partial charge >= 0.3 is 0 Å². The highest BCUT2D eigenvalue weighted by Crippen LogP contribution is 2.29. The first-order chi connectivity index (χ1) is 18.6. The summed E-state index contributed by atoms with van der Waals surface area (Å²) in [6.07, 6.45) is 2.17. The van der Waals surface area contributed by atoms with Crippen LogP contribution >= 0.6 is 35.3 Å². The van der Waals surface area contributed by atoms with Gasteiger partial charge in [0.25, 0.3) is 11.8 Å². The molecule has 3 heterocycles. The van der Waals surface area contributed by atoms with Crippen LogP contribution in [0, 0.1) is 5.92 Å². The number of halogens is 2. The third-order valence-corrected chi connectivity index (χ3v) is 8.62. The number of hydrogen-bond donors (Lipinski definition) is 2. The highest BCUT2D eigenvalue weighted by atomic mass is 35.5. The first-order valence-electron chi connectivity index (χ1n) is 12.8. The highest BCUT2D eigenvalue weighted by Gasteiger charge is 2.37. The third-order valence-electron chi connectivity index (χ3n) is 7.30. The van der Waals surface area contributed by atoms with Crippen LogP contribution in [0.3, 0.4) is 0 Å². The number of rotatable bonds is 5. The lowest BCUT2D eigenvalue weighted by atomic mass is 9.81. The van der Waals surface area contributed by atoms with Crippen LogP contribution < -0.4 is 16.1 Å². The van der Waals surface area contributed by atoms with E-state index < -0.39 is 18.0 Å². The Bertz CT molecular complexity index is 1510. The van der Waals surface area contributed by atoms with Gasteiger partial charge in [-0.3, -0.25) is 19.2 Å². The van der Waals surface area contributed by atoms with Gasteiger partial charge in [-0.2, -0.15) is 0 Å². The average Bonchev–Trinajstić information content (AvgIpc) is 3.33. The van der Waals surface area contributed by atoms with Crippen LogP contribution in [0.4, 0.5) is 0 Å². The summed E-state index contributed by atoms with van der Waals surface area (Å²) in [6, 6.07) is 4.77. The summed E-state index contributed by atoms with van der Waals surface area (Å²) in [5.74, 6) is -1.35. The van der Waals surface area contributed by atoms with E-state index in [1.807, 2.05) is 7.05 Å². The van der Waals surface area contributed by atoms with Gasteiger partial charge in [0, 0.05) is 61.5 Å². The van der Waals surface area contributed by atoms with Gasteiger partial charge in [-0.1, -0.05) is 11.6 Å². The molecular weight excluding hydrogens is 577 g/mol. The largest absolute Gasteiger partial charge is 0.451 e. The Morgan fingerprint density at radius 1 is 1.12 bits per heavy atom. The van der Waals surface area contributed by atoms with Gasteiger partial charge < -0.3 is 24.9 Å². The number of nitrogens with one attached hydrogen (secondary N) is 2. The molecule has 1 aliphatic carbocycles. The maximum Gasteiger partial charge on any atom is 0.287 e. The number of aromatic nitrogens is 1. The summed E-state index contributed by atoms with van der Waals surface area (Å²) in [7, 11) is 5.44. The zero-order valence-corrected chi connectivity index (χ0v) is 24.8. The Morgan fingerprint density at radius 3 is 2.62 bits per heavy atom. The summed E-state index contributed by atoms with van der Waals surface area (Å²) in [6.45, 7) is 1.64. The lowest BCUT2D eigenvalue weighted by Crippen LogP contribution is -2.56. The van der Waals surface area contributed by atoms with Crippen LogP contribution in [-0.4, -0.2) is 72.3 Å². The number of nitrogens with zero attached hydrogens (tertiary/aromatic N) is 3. The molecule has 10 nitrogen and oxygen atoms in total. The number of carbonyl (C=O) groups excluding carboxylic acids is 3. The van der Waals surface area contributed by atoms with Crippen molar-refractivity contribution in [3.63, 3.8) is 0 Å². The second-order valence-corrected chi connectivity index (χ2v) is 11.9. The molecule has 0 spiro atoms. The molecule has 2 aliphatic rings. The van der Waals surface area contributed by atoms with Gasteiger partial charge in [0.1, 0.15) is 5.58 Å². The van der Waals surface area contributed by atoms with Gasteiger partial charge in [0.05, 0.1) is 17.1 Å². The molecule has 0 radical (unpaired) electrons. The summed E-state index contributed by atoms with van der Waals surface area (Å²) >= 11 is 7.36. The van der Waals surface area contributed by atoms with E-state index in [4.69, 9.17) is 16.0 Å². The highest BCUT2D eigenvalue weighted by molar-refractivity contribution is 7.13. The molecule has 1 aliphatic heterocycles. The number of likely N-dealkylation sites (N-methyl/N-ethyl adjacent to an activating group) is 1. The maximum atomic E-state index is 13.3. The number of fused-ring (bicyclic) bond motifs is 2. The fourth-order valence-corrected chi connectivity index (χ4v) is 6.49. The van der Waals surface area contributed by atoms with E-state index in [1.54, 1.807) is 31.1 Å². The molecule has 5 rings (SSSR count). The summed E-state index contributed by atoms with van der Waals surface area (Å²) < 4.78 is 5.70. The Labute approximate surface area is 246 Å². The van der Waals surface area contributed by atoms with Crippen molar-refractivity contribution < 1.29 is 18.8 Å². The number of amides is 3. The first-order valence-corrected chi connectivity index (χ1v) is 14.0. The van der Waals surface area contributed by atoms with E-state index in [-0.39, 0.29) is 52.3 Å². The molecule has 2 aromatic heterocycles. The predicted octanol–water partition coefficient (Wildman–Crippen LogP) is 3.10. The van der Waals surface area contributed by atoms with Crippen molar-refractivity contribution in [1.29, 1.82) is 0 Å². The molecule has 1 fully saturated rings. The van der Waals surface area contributed by atoms with Crippen LogP contribution in [0.25, 0.3) is 11.0 Å². The van der Waals surface area contributed by atoms with E-state index >= 15 is 0 Å². The normalized spacial score (nSPS) is 20.8. The second kappa shape index (κ2) is 12.3. The SMILES string of the molecule is CN1CCc2nc(C(=O)N[C@@H]3C[C@@H](C(=O)N(C)C)CC[C@@H]3NC(=O)c3cc(=O)c4cc(Cl)ccc4o3)sc2C1.Cl. The minimum Gasteiger partial charge on any atom is -0.451 e. The summed E-state index contributed by atoms with van der Waals surface area (Å²) in [4.78, 5) is 61.2. The standard InChI is InChI=1S/C27H30ClN5O5S.ClH/c1-32(2)27(37)14-4-6-17(29-24(35)22-12-20(34)16-11-15(28)5-7-21(16)38-22)19(10-14)30-25(36)26-31-18-8-9-33(3)13-23(18)39-26;/h5,7,11-12,14,17,19H,4,6,8-10,13H2,1-3H3,(H,29,35)(H,30,36);1H/t14-,17-,19+;/m0./s1. The van der Waals surface area contributed by atoms with Crippen molar-refractivity contribution in [2.45, 2.75) is 44.3 Å². The van der Waals surface area contributed by atoms with E-state index in [1.165, 1.54) is 17.4 Å². The molecule has 40 heavy (non-hydrogen) atoms. The first kappa shape index (κ1) is 30.0. The molecule has 0 saturated heterocycles. The quantitative estimate of drug-likeness (QED) is 0.456. The van der Waals surface area contributed by atoms with Crippen LogP contribution in [0.15, 0.2) is 33.5 Å². The molecule has 0 unspecified atom stereocenters. The van der Waals surface area contributed by atoms with Crippen LogP contribution in [-0.2, 0) is 17.8 Å². The zero-order valence-electron chi connectivity index (χ0n) is 22.4. The fourth-order valence-electron chi connectivity index (χ4n) is 5.22. The molecule has 3 amide bonds. The number of thiazole rings is 1. The van der Waals surface area contributed by atoms with Crippen molar-refractivity contribution in [1.82, 2.24) is 25.4 Å². The molecule has 0 bridgehead atoms. The smallest absolute Gasteiger partial charge is 0.287 e. The minimum atomic E-state index is -0.571. The van der Waals surface area contributed by atoms with Crippen molar-refractivity contribution in [2.75, 3.05) is 27.7 Å². The van der Waals surface area contributed by atoms with Crippen molar-refractivity contribution >= 4 is 64.0 Å². The van der Waals surface area contributed by atoms with E-state index in [0.717, 1.165) is 36.1 Å². The Hall–Kier alpha value is -2.99. The van der Waals surface area contributed by atoms with Crippen molar-refractivity contribution in [3.8, 4) is 0 Å². The molecule has 1 aromatic carbocycles. The zero-order chi connectivity index (χ0) is 27.8. The molecule has 214 valence electrons. The molecular formula is C27H31Cl2N5O5S. The Balaban J connectivity index is 0.00000370. The third kappa shape index (κ3) is 6.33. The summed E-state index contributed by atoms with van der Waals surface area (Å²) in [5, 5.41) is 7.01. The van der Waals surface area contributed by atoms with E-state index in [2.05, 4.69) is 20.5 Å². The topological polar surface area (TPSA) is 125 Å².